The molecule has 1 aromatic carbocycles. The Hall–Kier alpha value is -2.01. The molecule has 0 atom stereocenters. The summed E-state index contributed by atoms with van der Waals surface area (Å²) >= 11 is 4.81. The van der Waals surface area contributed by atoms with E-state index in [4.69, 9.17) is 18.0 Å². The number of pyridine rings is 1. The summed E-state index contributed by atoms with van der Waals surface area (Å²) < 4.78 is 13.4. The number of nitrogens with one attached hydrogen (secondary N) is 1. The van der Waals surface area contributed by atoms with E-state index in [1.54, 1.807) is 30.5 Å². The van der Waals surface area contributed by atoms with Crippen LogP contribution in [0.15, 0.2) is 42.6 Å². The van der Waals surface area contributed by atoms with Gasteiger partial charge in [0.05, 0.1) is 17.6 Å². The molecule has 5 heteroatoms. The standard InChI is InChI=1S/C13H12FN3S/c14-11-4-2-1-3-9(11)7-16-10-5-6-12(13(15)18)17-8-10/h1-6,8,16H,7H2,(H2,15,18). The van der Waals surface area contributed by atoms with Crippen LogP contribution in [0, 0.1) is 5.82 Å². The number of nitrogens with two attached hydrogens (primary N) is 1. The van der Waals surface area contributed by atoms with Gasteiger partial charge in [-0.1, -0.05) is 30.4 Å². The van der Waals surface area contributed by atoms with Gasteiger partial charge in [-0.25, -0.2) is 4.39 Å². The maximum atomic E-state index is 13.4. The molecule has 18 heavy (non-hydrogen) atoms. The number of aromatic nitrogens is 1. The number of thiocarbonyl (C=S) groups is 1. The van der Waals surface area contributed by atoms with E-state index in [2.05, 4.69) is 10.3 Å². The third kappa shape index (κ3) is 3.01. The van der Waals surface area contributed by atoms with Crippen LogP contribution in [0.4, 0.5) is 10.1 Å². The second kappa shape index (κ2) is 5.55. The highest BCUT2D eigenvalue weighted by molar-refractivity contribution is 7.80. The van der Waals surface area contributed by atoms with Gasteiger partial charge >= 0.3 is 0 Å². The van der Waals surface area contributed by atoms with Crippen molar-refractivity contribution in [2.45, 2.75) is 6.54 Å². The van der Waals surface area contributed by atoms with Crippen LogP contribution in [0.3, 0.4) is 0 Å². The molecular formula is C13H12FN3S. The number of rotatable bonds is 4. The van der Waals surface area contributed by atoms with E-state index in [-0.39, 0.29) is 10.8 Å². The van der Waals surface area contributed by atoms with Gasteiger partial charge in [0.25, 0.3) is 0 Å². The van der Waals surface area contributed by atoms with Gasteiger partial charge in [-0.15, -0.1) is 0 Å². The molecule has 3 N–H and O–H groups in total. The first-order chi connectivity index (χ1) is 8.66. The first kappa shape index (κ1) is 12.4. The minimum absolute atomic E-state index is 0.224. The van der Waals surface area contributed by atoms with Crippen molar-refractivity contribution < 1.29 is 4.39 Å². The Morgan fingerprint density at radius 2 is 2.06 bits per heavy atom. The molecule has 0 aliphatic rings. The predicted molar refractivity (Wildman–Crippen MR) is 73.9 cm³/mol. The topological polar surface area (TPSA) is 50.9 Å². The van der Waals surface area contributed by atoms with Crippen molar-refractivity contribution in [2.24, 2.45) is 5.73 Å². The zero-order valence-electron chi connectivity index (χ0n) is 9.56. The molecule has 0 saturated carbocycles. The second-order valence-corrected chi connectivity index (χ2v) is 4.18. The molecule has 0 radical (unpaired) electrons. The van der Waals surface area contributed by atoms with E-state index in [0.717, 1.165) is 5.69 Å². The molecule has 0 amide bonds. The smallest absolute Gasteiger partial charge is 0.128 e. The molecular weight excluding hydrogens is 249 g/mol. The van der Waals surface area contributed by atoms with E-state index in [0.29, 0.717) is 17.8 Å². The van der Waals surface area contributed by atoms with Gasteiger partial charge in [0.15, 0.2) is 0 Å². The minimum Gasteiger partial charge on any atom is -0.388 e. The van der Waals surface area contributed by atoms with Crippen molar-refractivity contribution in [3.05, 3.63) is 59.7 Å². The summed E-state index contributed by atoms with van der Waals surface area (Å²) in [5.41, 5.74) is 7.42. The molecule has 0 spiro atoms. The molecule has 0 fully saturated rings. The molecule has 92 valence electrons. The summed E-state index contributed by atoms with van der Waals surface area (Å²) in [5, 5.41) is 3.08. The third-order valence-electron chi connectivity index (χ3n) is 2.46. The lowest BCUT2D eigenvalue weighted by molar-refractivity contribution is 0.613. The van der Waals surface area contributed by atoms with Crippen molar-refractivity contribution in [2.75, 3.05) is 5.32 Å². The Morgan fingerprint density at radius 3 is 2.67 bits per heavy atom. The Labute approximate surface area is 110 Å². The number of benzene rings is 1. The fourth-order valence-corrected chi connectivity index (χ4v) is 1.60. The monoisotopic (exact) mass is 261 g/mol. The van der Waals surface area contributed by atoms with Crippen molar-refractivity contribution in [1.82, 2.24) is 4.98 Å². The molecule has 0 bridgehead atoms. The molecule has 0 saturated heterocycles. The first-order valence-corrected chi connectivity index (χ1v) is 5.81. The maximum Gasteiger partial charge on any atom is 0.128 e. The van der Waals surface area contributed by atoms with Crippen LogP contribution in [-0.4, -0.2) is 9.97 Å². The van der Waals surface area contributed by atoms with E-state index >= 15 is 0 Å². The minimum atomic E-state index is -0.224. The SMILES string of the molecule is NC(=S)c1ccc(NCc2ccccc2F)cn1. The first-order valence-electron chi connectivity index (χ1n) is 5.40. The van der Waals surface area contributed by atoms with Crippen LogP contribution in [0.1, 0.15) is 11.3 Å². The predicted octanol–water partition coefficient (Wildman–Crippen LogP) is 2.47. The van der Waals surface area contributed by atoms with Crippen molar-refractivity contribution in [3.63, 3.8) is 0 Å². The number of anilines is 1. The van der Waals surface area contributed by atoms with Crippen LogP contribution < -0.4 is 11.1 Å². The van der Waals surface area contributed by atoms with Gasteiger partial charge in [-0.2, -0.15) is 0 Å². The summed E-state index contributed by atoms with van der Waals surface area (Å²) in [6, 6.07) is 10.2. The third-order valence-corrected chi connectivity index (χ3v) is 2.67. The average Bonchev–Trinajstić information content (AvgIpc) is 2.38. The summed E-state index contributed by atoms with van der Waals surface area (Å²) in [5.74, 6) is -0.224. The van der Waals surface area contributed by atoms with E-state index < -0.39 is 0 Å². The maximum absolute atomic E-state index is 13.4. The highest BCUT2D eigenvalue weighted by Crippen LogP contribution is 2.11. The fraction of sp³-hybridized carbons (Fsp3) is 0.0769. The molecule has 0 aliphatic carbocycles. The summed E-state index contributed by atoms with van der Waals surface area (Å²) in [6.07, 6.45) is 1.62. The molecule has 2 aromatic rings. The number of nitrogens with zero attached hydrogens (tertiary/aromatic N) is 1. The molecule has 3 nitrogen and oxygen atoms in total. The highest BCUT2D eigenvalue weighted by atomic mass is 32.1. The van der Waals surface area contributed by atoms with E-state index in [1.165, 1.54) is 6.07 Å². The van der Waals surface area contributed by atoms with Crippen LogP contribution in [0.5, 0.6) is 0 Å². The molecule has 1 heterocycles. The fourth-order valence-electron chi connectivity index (χ4n) is 1.48. The van der Waals surface area contributed by atoms with Crippen molar-refractivity contribution >= 4 is 22.9 Å². The van der Waals surface area contributed by atoms with Gasteiger partial charge in [-0.05, 0) is 18.2 Å². The molecule has 1 aromatic heterocycles. The van der Waals surface area contributed by atoms with Gasteiger partial charge in [0.1, 0.15) is 10.8 Å². The van der Waals surface area contributed by atoms with Crippen LogP contribution in [0.2, 0.25) is 0 Å². The van der Waals surface area contributed by atoms with Crippen molar-refractivity contribution in [1.29, 1.82) is 0 Å². The van der Waals surface area contributed by atoms with Crippen LogP contribution >= 0.6 is 12.2 Å². The van der Waals surface area contributed by atoms with Gasteiger partial charge < -0.3 is 11.1 Å². The Morgan fingerprint density at radius 1 is 1.28 bits per heavy atom. The van der Waals surface area contributed by atoms with Gasteiger partial charge in [-0.3, -0.25) is 4.98 Å². The average molecular weight is 261 g/mol. The number of halogens is 1. The van der Waals surface area contributed by atoms with Gasteiger partial charge in [0.2, 0.25) is 0 Å². The summed E-state index contributed by atoms with van der Waals surface area (Å²) in [6.45, 7) is 0.404. The number of hydrogen-bond donors (Lipinski definition) is 2. The zero-order valence-corrected chi connectivity index (χ0v) is 10.4. The lowest BCUT2D eigenvalue weighted by atomic mass is 10.2. The molecule has 0 aliphatic heterocycles. The Balaban J connectivity index is 2.02. The Kier molecular flexibility index (Phi) is 3.84. The lowest BCUT2D eigenvalue weighted by Crippen LogP contribution is -2.11. The zero-order chi connectivity index (χ0) is 13.0. The lowest BCUT2D eigenvalue weighted by Gasteiger charge is -2.07. The quantitative estimate of drug-likeness (QED) is 0.830. The second-order valence-electron chi connectivity index (χ2n) is 3.74. The molecule has 0 unspecified atom stereocenters. The number of hydrogen-bond acceptors (Lipinski definition) is 3. The summed E-state index contributed by atoms with van der Waals surface area (Å²) in [7, 11) is 0. The van der Waals surface area contributed by atoms with Crippen LogP contribution in [-0.2, 0) is 6.54 Å². The van der Waals surface area contributed by atoms with E-state index in [9.17, 15) is 4.39 Å². The molecule has 2 rings (SSSR count). The van der Waals surface area contributed by atoms with Crippen LogP contribution in [0.25, 0.3) is 0 Å². The normalized spacial score (nSPS) is 10.1. The van der Waals surface area contributed by atoms with Gasteiger partial charge in [0, 0.05) is 12.1 Å². The largest absolute Gasteiger partial charge is 0.388 e. The Bertz CT molecular complexity index is 554. The highest BCUT2D eigenvalue weighted by Gasteiger charge is 2.01. The van der Waals surface area contributed by atoms with Crippen molar-refractivity contribution in [3.8, 4) is 0 Å². The van der Waals surface area contributed by atoms with E-state index in [1.807, 2.05) is 6.07 Å². The summed E-state index contributed by atoms with van der Waals surface area (Å²) in [4.78, 5) is 4.35.